The number of rotatable bonds is 6. The van der Waals surface area contributed by atoms with Crippen molar-refractivity contribution in [2.45, 2.75) is 86.4 Å². The number of urea groups is 1. The summed E-state index contributed by atoms with van der Waals surface area (Å²) in [5.41, 5.74) is -1.14. The maximum atomic E-state index is 13.1. The molecule has 0 bridgehead atoms. The number of nitrogens with zero attached hydrogens (tertiary/aromatic N) is 1. The molecule has 0 aromatic carbocycles. The summed E-state index contributed by atoms with van der Waals surface area (Å²) in [7, 11) is 0. The van der Waals surface area contributed by atoms with Crippen molar-refractivity contribution in [2.24, 2.45) is 16.7 Å². The largest absolute Gasteiger partial charge is 0.331 e. The Bertz CT molecular complexity index is 602. The molecule has 3 unspecified atom stereocenters. The molecule has 0 radical (unpaired) electrons. The zero-order valence-electron chi connectivity index (χ0n) is 18.6. The monoisotopic (exact) mass is 395 g/mol. The van der Waals surface area contributed by atoms with E-state index in [0.717, 1.165) is 12.7 Å². The second kappa shape index (κ2) is 9.05. The maximum Gasteiger partial charge on any atom is 0.316 e. The van der Waals surface area contributed by atoms with Gasteiger partial charge in [-0.25, -0.2) is 4.79 Å². The summed E-state index contributed by atoms with van der Waals surface area (Å²) in [4.78, 5) is 51.3. The van der Waals surface area contributed by atoms with E-state index in [1.807, 2.05) is 55.4 Å². The molecule has 2 N–H and O–H groups in total. The number of amides is 3. The first-order valence-electron chi connectivity index (χ1n) is 10.1. The third-order valence-electron chi connectivity index (χ3n) is 5.10. The van der Waals surface area contributed by atoms with Crippen molar-refractivity contribution in [3.8, 4) is 0 Å². The third kappa shape index (κ3) is 6.04. The number of hydrogen-bond donors (Lipinski definition) is 2. The number of Topliss-reactive ketones (excluding diaryl/α,β-unsaturated/α-hetero) is 1. The quantitative estimate of drug-likeness (QED) is 0.676. The fourth-order valence-electron chi connectivity index (χ4n) is 3.34. The van der Waals surface area contributed by atoms with Crippen LogP contribution in [0.3, 0.4) is 0 Å². The van der Waals surface area contributed by atoms with Crippen molar-refractivity contribution in [2.75, 3.05) is 6.54 Å². The van der Waals surface area contributed by atoms with Gasteiger partial charge in [0.25, 0.3) is 0 Å². The van der Waals surface area contributed by atoms with Gasteiger partial charge in [0.1, 0.15) is 12.3 Å². The van der Waals surface area contributed by atoms with Gasteiger partial charge in [-0.1, -0.05) is 55.4 Å². The van der Waals surface area contributed by atoms with Gasteiger partial charge in [-0.2, -0.15) is 0 Å². The summed E-state index contributed by atoms with van der Waals surface area (Å²) in [5.74, 6) is -0.406. The molecular weight excluding hydrogens is 358 g/mol. The molecule has 1 aliphatic rings. The molecule has 1 saturated heterocycles. The van der Waals surface area contributed by atoms with E-state index in [-0.39, 0.29) is 17.6 Å². The van der Waals surface area contributed by atoms with Crippen LogP contribution in [0.15, 0.2) is 0 Å². The first kappa shape index (κ1) is 24.1. The SMILES string of the molecule is CC(C)C(NC(=O)NC(C(=O)N1CCCC1C=O)C(C)(C)C)C(=O)C(C)(C)C. The van der Waals surface area contributed by atoms with E-state index in [9.17, 15) is 19.2 Å². The smallest absolute Gasteiger partial charge is 0.316 e. The molecule has 0 saturated carbocycles. The molecular formula is C21H37N3O4. The highest BCUT2D eigenvalue weighted by atomic mass is 16.2. The summed E-state index contributed by atoms with van der Waals surface area (Å²) < 4.78 is 0. The van der Waals surface area contributed by atoms with E-state index < -0.39 is 35.0 Å². The molecule has 7 nitrogen and oxygen atoms in total. The van der Waals surface area contributed by atoms with Gasteiger partial charge in [-0.3, -0.25) is 9.59 Å². The second-order valence-electron chi connectivity index (χ2n) is 10.1. The number of hydrogen-bond acceptors (Lipinski definition) is 4. The van der Waals surface area contributed by atoms with E-state index in [1.54, 1.807) is 4.90 Å². The molecule has 3 atom stereocenters. The average molecular weight is 396 g/mol. The highest BCUT2D eigenvalue weighted by molar-refractivity contribution is 5.94. The predicted octanol–water partition coefficient (Wildman–Crippen LogP) is 2.53. The van der Waals surface area contributed by atoms with Gasteiger partial charge < -0.3 is 20.3 Å². The molecule has 0 aromatic heterocycles. The second-order valence-corrected chi connectivity index (χ2v) is 10.1. The fraction of sp³-hybridized carbons (Fsp3) is 0.810. The zero-order valence-corrected chi connectivity index (χ0v) is 18.6. The normalized spacial score (nSPS) is 19.9. The predicted molar refractivity (Wildman–Crippen MR) is 109 cm³/mol. The van der Waals surface area contributed by atoms with Gasteiger partial charge in [-0.05, 0) is 24.2 Å². The van der Waals surface area contributed by atoms with E-state index in [0.29, 0.717) is 13.0 Å². The van der Waals surface area contributed by atoms with Gasteiger partial charge in [0.15, 0.2) is 5.78 Å². The Hall–Kier alpha value is -1.92. The molecule has 3 amide bonds. The van der Waals surface area contributed by atoms with Crippen LogP contribution in [0.2, 0.25) is 0 Å². The van der Waals surface area contributed by atoms with E-state index in [1.165, 1.54) is 0 Å². The van der Waals surface area contributed by atoms with Crippen LogP contribution >= 0.6 is 0 Å². The lowest BCUT2D eigenvalue weighted by Crippen LogP contribution is -2.60. The molecule has 1 aliphatic heterocycles. The summed E-state index contributed by atoms with van der Waals surface area (Å²) in [6.45, 7) is 15.3. The topological polar surface area (TPSA) is 95.6 Å². The number of aldehydes is 1. The molecule has 28 heavy (non-hydrogen) atoms. The third-order valence-corrected chi connectivity index (χ3v) is 5.10. The Morgan fingerprint density at radius 2 is 1.61 bits per heavy atom. The van der Waals surface area contributed by atoms with Crippen LogP contribution in [0, 0.1) is 16.7 Å². The van der Waals surface area contributed by atoms with Gasteiger partial charge >= 0.3 is 6.03 Å². The molecule has 7 heteroatoms. The lowest BCUT2D eigenvalue weighted by molar-refractivity contribution is -0.138. The molecule has 0 spiro atoms. The van der Waals surface area contributed by atoms with Gasteiger partial charge in [0, 0.05) is 12.0 Å². The molecule has 0 aromatic rings. The van der Waals surface area contributed by atoms with Gasteiger partial charge in [0.2, 0.25) is 5.91 Å². The van der Waals surface area contributed by atoms with Crippen LogP contribution in [0.25, 0.3) is 0 Å². The van der Waals surface area contributed by atoms with Crippen LogP contribution in [-0.2, 0) is 14.4 Å². The number of carbonyl (C=O) groups excluding carboxylic acids is 4. The Kier molecular flexibility index (Phi) is 7.80. The average Bonchev–Trinajstić information content (AvgIpc) is 3.02. The Morgan fingerprint density at radius 3 is 2.04 bits per heavy atom. The fourth-order valence-corrected chi connectivity index (χ4v) is 3.34. The number of nitrogens with one attached hydrogen (secondary N) is 2. The molecule has 160 valence electrons. The summed E-state index contributed by atoms with van der Waals surface area (Å²) in [6.07, 6.45) is 2.21. The van der Waals surface area contributed by atoms with E-state index in [2.05, 4.69) is 10.6 Å². The van der Waals surface area contributed by atoms with Crippen LogP contribution in [0.1, 0.15) is 68.2 Å². The lowest BCUT2D eigenvalue weighted by atomic mass is 9.82. The van der Waals surface area contributed by atoms with Crippen LogP contribution in [0.5, 0.6) is 0 Å². The van der Waals surface area contributed by atoms with Crippen molar-refractivity contribution in [1.82, 2.24) is 15.5 Å². The Balaban J connectivity index is 2.97. The summed E-state index contributed by atoms with van der Waals surface area (Å²) in [6, 6.07) is -2.43. The highest BCUT2D eigenvalue weighted by Crippen LogP contribution is 2.25. The molecule has 0 aliphatic carbocycles. The van der Waals surface area contributed by atoms with Crippen LogP contribution in [0.4, 0.5) is 4.79 Å². The number of ketones is 1. The minimum Gasteiger partial charge on any atom is -0.331 e. The van der Waals surface area contributed by atoms with Crippen LogP contribution < -0.4 is 10.6 Å². The zero-order chi connectivity index (χ0) is 21.9. The van der Waals surface area contributed by atoms with Gasteiger partial charge in [0.05, 0.1) is 12.1 Å². The van der Waals surface area contributed by atoms with Gasteiger partial charge in [-0.15, -0.1) is 0 Å². The summed E-state index contributed by atoms with van der Waals surface area (Å²) >= 11 is 0. The van der Waals surface area contributed by atoms with E-state index >= 15 is 0 Å². The first-order valence-corrected chi connectivity index (χ1v) is 10.1. The standard InChI is InChI=1S/C21H37N3O4/c1-13(2)15(17(26)21(6,7)8)22-19(28)23-16(20(3,4)5)18(27)24-11-9-10-14(24)12-25/h12-16H,9-11H2,1-8H3,(H2,22,23,28). The minimum atomic E-state index is -0.800. The summed E-state index contributed by atoms with van der Waals surface area (Å²) in [5, 5.41) is 5.52. The van der Waals surface area contributed by atoms with Crippen molar-refractivity contribution < 1.29 is 19.2 Å². The molecule has 1 rings (SSSR count). The van der Waals surface area contributed by atoms with Crippen molar-refractivity contribution in [3.63, 3.8) is 0 Å². The Labute approximate surface area is 169 Å². The number of carbonyl (C=O) groups is 4. The van der Waals surface area contributed by atoms with Crippen molar-refractivity contribution in [1.29, 1.82) is 0 Å². The molecule has 1 fully saturated rings. The lowest BCUT2D eigenvalue weighted by Gasteiger charge is -2.35. The minimum absolute atomic E-state index is 0.0585. The van der Waals surface area contributed by atoms with Crippen LogP contribution in [-0.4, -0.2) is 53.6 Å². The highest BCUT2D eigenvalue weighted by Gasteiger charge is 2.40. The maximum absolute atomic E-state index is 13.1. The Morgan fingerprint density at radius 1 is 1.04 bits per heavy atom. The number of likely N-dealkylation sites (tertiary alicyclic amines) is 1. The van der Waals surface area contributed by atoms with Crippen molar-refractivity contribution >= 4 is 24.0 Å². The van der Waals surface area contributed by atoms with Crippen molar-refractivity contribution in [3.05, 3.63) is 0 Å². The first-order chi connectivity index (χ1) is 12.7. The molecule has 1 heterocycles. The van der Waals surface area contributed by atoms with E-state index in [4.69, 9.17) is 0 Å².